The quantitative estimate of drug-likeness (QED) is 0.675. The van der Waals surface area contributed by atoms with Crippen molar-refractivity contribution in [3.63, 3.8) is 0 Å². The molecule has 0 radical (unpaired) electrons. The number of carbonyl (C=O) groups excluding carboxylic acids is 1. The van der Waals surface area contributed by atoms with Crippen molar-refractivity contribution in [2.45, 2.75) is 13.5 Å². The maximum atomic E-state index is 12.1. The summed E-state index contributed by atoms with van der Waals surface area (Å²) in [6, 6.07) is 4.29. The first-order valence-electron chi connectivity index (χ1n) is 6.09. The van der Waals surface area contributed by atoms with Gasteiger partial charge in [-0.25, -0.2) is 0 Å². The Morgan fingerprint density at radius 1 is 1.52 bits per heavy atom. The van der Waals surface area contributed by atoms with E-state index in [1.165, 1.54) is 18.2 Å². The van der Waals surface area contributed by atoms with Crippen LogP contribution in [0.4, 0.5) is 5.69 Å². The topological polar surface area (TPSA) is 90.1 Å². The fraction of sp³-hybridized carbons (Fsp3) is 0.231. The van der Waals surface area contributed by atoms with Gasteiger partial charge in [-0.05, 0) is 35.0 Å². The molecule has 1 amide bonds. The van der Waals surface area contributed by atoms with E-state index in [4.69, 9.17) is 0 Å². The predicted molar refractivity (Wildman–Crippen MR) is 79.9 cm³/mol. The van der Waals surface area contributed by atoms with Crippen molar-refractivity contribution in [2.75, 3.05) is 0 Å². The molecule has 110 valence electrons. The van der Waals surface area contributed by atoms with E-state index in [0.717, 1.165) is 10.2 Å². The first kappa shape index (κ1) is 15.2. The Morgan fingerprint density at radius 2 is 2.24 bits per heavy atom. The number of nitro groups is 1. The Bertz CT molecular complexity index is 692. The highest BCUT2D eigenvalue weighted by Crippen LogP contribution is 2.19. The second-order valence-electron chi connectivity index (χ2n) is 4.50. The van der Waals surface area contributed by atoms with Crippen LogP contribution >= 0.6 is 15.9 Å². The number of rotatable bonds is 4. The van der Waals surface area contributed by atoms with Crippen LogP contribution in [0, 0.1) is 17.0 Å². The molecule has 8 heteroatoms. The van der Waals surface area contributed by atoms with Crippen molar-refractivity contribution < 1.29 is 9.72 Å². The standard InChI is InChI=1S/C13H13BrN4O3/c1-8-5-9(3-4-11(8)18(20)21)13(19)15-7-12-10(14)6-16-17(12)2/h3-6H,7H2,1-2H3,(H,15,19). The summed E-state index contributed by atoms with van der Waals surface area (Å²) in [4.78, 5) is 22.4. The first-order valence-corrected chi connectivity index (χ1v) is 6.89. The number of amides is 1. The van der Waals surface area contributed by atoms with E-state index in [0.29, 0.717) is 17.7 Å². The molecule has 0 unspecified atom stereocenters. The average Bonchev–Trinajstić information content (AvgIpc) is 2.75. The third kappa shape index (κ3) is 3.27. The van der Waals surface area contributed by atoms with Gasteiger partial charge < -0.3 is 5.32 Å². The van der Waals surface area contributed by atoms with Gasteiger partial charge in [-0.3, -0.25) is 19.6 Å². The summed E-state index contributed by atoms with van der Waals surface area (Å²) in [6.45, 7) is 1.92. The molecule has 2 aromatic rings. The summed E-state index contributed by atoms with van der Waals surface area (Å²) in [6.07, 6.45) is 1.65. The molecule has 2 rings (SSSR count). The number of aromatic nitrogens is 2. The van der Waals surface area contributed by atoms with Crippen LogP contribution in [0.5, 0.6) is 0 Å². The number of aryl methyl sites for hydroxylation is 2. The number of benzene rings is 1. The predicted octanol–water partition coefficient (Wildman–Crippen LogP) is 2.33. The molecule has 1 aromatic carbocycles. The van der Waals surface area contributed by atoms with Crippen LogP contribution in [0.2, 0.25) is 0 Å². The van der Waals surface area contributed by atoms with Crippen LogP contribution in [0.25, 0.3) is 0 Å². The molecule has 1 N–H and O–H groups in total. The Hall–Kier alpha value is -2.22. The number of hydrogen-bond acceptors (Lipinski definition) is 4. The Morgan fingerprint density at radius 3 is 2.76 bits per heavy atom. The van der Waals surface area contributed by atoms with Crippen LogP contribution < -0.4 is 5.32 Å². The monoisotopic (exact) mass is 352 g/mol. The van der Waals surface area contributed by atoms with Gasteiger partial charge in [-0.1, -0.05) is 0 Å². The Balaban J connectivity index is 2.11. The van der Waals surface area contributed by atoms with E-state index >= 15 is 0 Å². The second kappa shape index (κ2) is 6.04. The van der Waals surface area contributed by atoms with Crippen molar-refractivity contribution in [1.82, 2.24) is 15.1 Å². The van der Waals surface area contributed by atoms with Crippen LogP contribution in [0.3, 0.4) is 0 Å². The zero-order chi connectivity index (χ0) is 15.6. The molecule has 21 heavy (non-hydrogen) atoms. The van der Waals surface area contributed by atoms with Gasteiger partial charge in [0.1, 0.15) is 0 Å². The molecule has 1 aromatic heterocycles. The maximum absolute atomic E-state index is 12.1. The molecule has 0 saturated heterocycles. The minimum Gasteiger partial charge on any atom is -0.346 e. The minimum atomic E-state index is -0.468. The molecule has 0 aliphatic heterocycles. The average molecular weight is 353 g/mol. The van der Waals surface area contributed by atoms with Crippen molar-refractivity contribution in [3.8, 4) is 0 Å². The SMILES string of the molecule is Cc1cc(C(=O)NCc2c(Br)cnn2C)ccc1[N+](=O)[O-]. The smallest absolute Gasteiger partial charge is 0.272 e. The first-order chi connectivity index (χ1) is 9.90. The Kier molecular flexibility index (Phi) is 4.37. The molecule has 0 fully saturated rings. The van der Waals surface area contributed by atoms with E-state index in [2.05, 4.69) is 26.3 Å². The lowest BCUT2D eigenvalue weighted by Gasteiger charge is -2.07. The fourth-order valence-corrected chi connectivity index (χ4v) is 2.39. The van der Waals surface area contributed by atoms with Crippen LogP contribution in [0.15, 0.2) is 28.9 Å². The second-order valence-corrected chi connectivity index (χ2v) is 5.36. The molecular formula is C13H13BrN4O3. The van der Waals surface area contributed by atoms with Crippen LogP contribution in [-0.4, -0.2) is 20.6 Å². The normalized spacial score (nSPS) is 10.4. The highest BCUT2D eigenvalue weighted by Gasteiger charge is 2.14. The molecular weight excluding hydrogens is 340 g/mol. The molecule has 0 atom stereocenters. The van der Waals surface area contributed by atoms with Crippen molar-refractivity contribution in [1.29, 1.82) is 0 Å². The molecule has 0 aliphatic rings. The van der Waals surface area contributed by atoms with Gasteiger partial charge in [0.25, 0.3) is 11.6 Å². The van der Waals surface area contributed by atoms with Crippen molar-refractivity contribution >= 4 is 27.5 Å². The number of nitrogens with one attached hydrogen (secondary N) is 1. The van der Waals surface area contributed by atoms with E-state index < -0.39 is 4.92 Å². The van der Waals surface area contributed by atoms with Gasteiger partial charge in [0.2, 0.25) is 0 Å². The molecule has 0 bridgehead atoms. The fourth-order valence-electron chi connectivity index (χ4n) is 1.90. The highest BCUT2D eigenvalue weighted by molar-refractivity contribution is 9.10. The van der Waals surface area contributed by atoms with Crippen molar-refractivity contribution in [3.05, 3.63) is 55.8 Å². The number of carbonyl (C=O) groups is 1. The van der Waals surface area contributed by atoms with Gasteiger partial charge in [-0.15, -0.1) is 0 Å². The van der Waals surface area contributed by atoms with Gasteiger partial charge >= 0.3 is 0 Å². The minimum absolute atomic E-state index is 0.000860. The summed E-state index contributed by atoms with van der Waals surface area (Å²) in [5.74, 6) is -0.291. The highest BCUT2D eigenvalue weighted by atomic mass is 79.9. The van der Waals surface area contributed by atoms with Gasteiger partial charge in [-0.2, -0.15) is 5.10 Å². The molecule has 7 nitrogen and oxygen atoms in total. The Labute approximate surface area is 129 Å². The number of halogens is 1. The number of hydrogen-bond donors (Lipinski definition) is 1. The van der Waals surface area contributed by atoms with E-state index in [9.17, 15) is 14.9 Å². The van der Waals surface area contributed by atoms with Crippen molar-refractivity contribution in [2.24, 2.45) is 7.05 Å². The summed E-state index contributed by atoms with van der Waals surface area (Å²) < 4.78 is 2.47. The van der Waals surface area contributed by atoms with Crippen LogP contribution in [-0.2, 0) is 13.6 Å². The third-order valence-electron chi connectivity index (χ3n) is 3.08. The molecule has 0 aliphatic carbocycles. The molecule has 1 heterocycles. The zero-order valence-electron chi connectivity index (χ0n) is 11.5. The molecule has 0 saturated carbocycles. The zero-order valence-corrected chi connectivity index (χ0v) is 13.0. The maximum Gasteiger partial charge on any atom is 0.272 e. The van der Waals surface area contributed by atoms with Gasteiger partial charge in [0, 0.05) is 24.2 Å². The lowest BCUT2D eigenvalue weighted by atomic mass is 10.1. The van der Waals surface area contributed by atoms with E-state index in [1.807, 2.05) is 0 Å². The van der Waals surface area contributed by atoms with Gasteiger partial charge in [0.05, 0.1) is 27.8 Å². The lowest BCUT2D eigenvalue weighted by molar-refractivity contribution is -0.385. The van der Waals surface area contributed by atoms with Crippen LogP contribution in [0.1, 0.15) is 21.6 Å². The summed E-state index contributed by atoms with van der Waals surface area (Å²) in [5.41, 5.74) is 1.67. The summed E-state index contributed by atoms with van der Waals surface area (Å²) >= 11 is 3.35. The van der Waals surface area contributed by atoms with Gasteiger partial charge in [0.15, 0.2) is 0 Å². The van der Waals surface area contributed by atoms with E-state index in [1.54, 1.807) is 24.9 Å². The summed E-state index contributed by atoms with van der Waals surface area (Å²) in [5, 5.41) is 17.6. The number of nitrogens with zero attached hydrogens (tertiary/aromatic N) is 3. The summed E-state index contributed by atoms with van der Waals surface area (Å²) in [7, 11) is 1.78. The lowest BCUT2D eigenvalue weighted by Crippen LogP contribution is -2.24. The third-order valence-corrected chi connectivity index (χ3v) is 3.75. The molecule has 0 spiro atoms. The largest absolute Gasteiger partial charge is 0.346 e. The number of nitro benzene ring substituents is 1. The van der Waals surface area contributed by atoms with E-state index in [-0.39, 0.29) is 11.6 Å².